The number of carbonyl (C=O) groups excluding carboxylic acids is 1. The highest BCUT2D eigenvalue weighted by molar-refractivity contribution is 6.12. The van der Waals surface area contributed by atoms with Gasteiger partial charge in [-0.15, -0.1) is 10.2 Å². The molecule has 23 heavy (non-hydrogen) atoms. The van der Waals surface area contributed by atoms with Gasteiger partial charge in [-0.05, 0) is 19.1 Å². The molecule has 116 valence electrons. The molecule has 0 aliphatic heterocycles. The average molecular weight is 306 g/mol. The monoisotopic (exact) mass is 306 g/mol. The van der Waals surface area contributed by atoms with Gasteiger partial charge in [0.15, 0.2) is 11.5 Å². The SMILES string of the molecule is CCN(C)c1nnc(C(=O)Nc2ccccc2)c2ccccc12. The second-order valence-corrected chi connectivity index (χ2v) is 5.25. The van der Waals surface area contributed by atoms with E-state index in [0.717, 1.165) is 28.8 Å². The molecule has 1 heterocycles. The molecule has 0 saturated carbocycles. The van der Waals surface area contributed by atoms with E-state index in [1.165, 1.54) is 0 Å². The first-order valence-electron chi connectivity index (χ1n) is 7.53. The van der Waals surface area contributed by atoms with E-state index in [9.17, 15) is 4.79 Å². The Kier molecular flexibility index (Phi) is 4.19. The maximum Gasteiger partial charge on any atom is 0.276 e. The minimum Gasteiger partial charge on any atom is -0.358 e. The van der Waals surface area contributed by atoms with E-state index >= 15 is 0 Å². The Hall–Kier alpha value is -2.95. The van der Waals surface area contributed by atoms with Crippen molar-refractivity contribution in [1.82, 2.24) is 10.2 Å². The van der Waals surface area contributed by atoms with Crippen LogP contribution in [0.15, 0.2) is 54.6 Å². The molecule has 3 aromatic rings. The van der Waals surface area contributed by atoms with Gasteiger partial charge >= 0.3 is 0 Å². The van der Waals surface area contributed by atoms with Crippen LogP contribution in [0.1, 0.15) is 17.4 Å². The Morgan fingerprint density at radius 1 is 1.00 bits per heavy atom. The van der Waals surface area contributed by atoms with Crippen LogP contribution in [0.3, 0.4) is 0 Å². The molecular formula is C18H18N4O. The number of para-hydroxylation sites is 1. The number of hydrogen-bond acceptors (Lipinski definition) is 4. The van der Waals surface area contributed by atoms with Crippen LogP contribution in [0.4, 0.5) is 11.5 Å². The number of nitrogens with one attached hydrogen (secondary N) is 1. The number of fused-ring (bicyclic) bond motifs is 1. The van der Waals surface area contributed by atoms with Crippen molar-refractivity contribution in [3.05, 3.63) is 60.3 Å². The number of nitrogens with zero attached hydrogens (tertiary/aromatic N) is 3. The van der Waals surface area contributed by atoms with E-state index in [2.05, 4.69) is 15.5 Å². The van der Waals surface area contributed by atoms with Gasteiger partial charge in [0.2, 0.25) is 0 Å². The van der Waals surface area contributed by atoms with Crippen molar-refractivity contribution in [2.24, 2.45) is 0 Å². The van der Waals surface area contributed by atoms with Crippen LogP contribution in [0, 0.1) is 0 Å². The van der Waals surface area contributed by atoms with E-state index in [-0.39, 0.29) is 5.91 Å². The Morgan fingerprint density at radius 2 is 1.65 bits per heavy atom. The molecule has 0 atom stereocenters. The van der Waals surface area contributed by atoms with Gasteiger partial charge in [-0.1, -0.05) is 42.5 Å². The molecule has 0 spiro atoms. The first kappa shape index (κ1) is 15.0. The van der Waals surface area contributed by atoms with Gasteiger partial charge < -0.3 is 10.2 Å². The summed E-state index contributed by atoms with van der Waals surface area (Å²) in [5.74, 6) is 0.518. The molecule has 3 rings (SSSR count). The lowest BCUT2D eigenvalue weighted by Gasteiger charge is -2.17. The summed E-state index contributed by atoms with van der Waals surface area (Å²) in [5, 5.41) is 13.0. The Balaban J connectivity index is 2.03. The zero-order chi connectivity index (χ0) is 16.2. The number of amides is 1. The van der Waals surface area contributed by atoms with E-state index in [1.54, 1.807) is 0 Å². The lowest BCUT2D eigenvalue weighted by atomic mass is 10.1. The van der Waals surface area contributed by atoms with E-state index in [4.69, 9.17) is 0 Å². The molecule has 0 radical (unpaired) electrons. The molecule has 0 aliphatic rings. The van der Waals surface area contributed by atoms with E-state index in [1.807, 2.05) is 73.5 Å². The molecule has 5 heteroatoms. The summed E-state index contributed by atoms with van der Waals surface area (Å²) >= 11 is 0. The Morgan fingerprint density at radius 3 is 2.35 bits per heavy atom. The fourth-order valence-electron chi connectivity index (χ4n) is 2.40. The van der Waals surface area contributed by atoms with Gasteiger partial charge in [0, 0.05) is 30.1 Å². The van der Waals surface area contributed by atoms with Crippen LogP contribution in [0.2, 0.25) is 0 Å². The molecule has 0 bridgehead atoms. The summed E-state index contributed by atoms with van der Waals surface area (Å²) in [6, 6.07) is 17.0. The molecule has 0 fully saturated rings. The first-order valence-corrected chi connectivity index (χ1v) is 7.53. The summed E-state index contributed by atoms with van der Waals surface area (Å²) in [6.07, 6.45) is 0. The van der Waals surface area contributed by atoms with Crippen LogP contribution < -0.4 is 10.2 Å². The molecule has 0 unspecified atom stereocenters. The zero-order valence-corrected chi connectivity index (χ0v) is 13.2. The van der Waals surface area contributed by atoms with Crippen LogP contribution in [0.5, 0.6) is 0 Å². The normalized spacial score (nSPS) is 10.5. The molecule has 1 aromatic heterocycles. The third-order valence-electron chi connectivity index (χ3n) is 3.75. The molecule has 1 N–H and O–H groups in total. The van der Waals surface area contributed by atoms with Gasteiger partial charge in [-0.3, -0.25) is 4.79 Å². The van der Waals surface area contributed by atoms with Crippen molar-refractivity contribution in [3.8, 4) is 0 Å². The third-order valence-corrected chi connectivity index (χ3v) is 3.75. The average Bonchev–Trinajstić information content (AvgIpc) is 2.61. The second kappa shape index (κ2) is 6.44. The summed E-state index contributed by atoms with van der Waals surface area (Å²) in [5.41, 5.74) is 1.07. The lowest BCUT2D eigenvalue weighted by Crippen LogP contribution is -2.20. The molecular weight excluding hydrogens is 288 g/mol. The van der Waals surface area contributed by atoms with Crippen LogP contribution in [0.25, 0.3) is 10.8 Å². The van der Waals surface area contributed by atoms with Gasteiger partial charge in [-0.2, -0.15) is 0 Å². The maximum absolute atomic E-state index is 12.6. The quantitative estimate of drug-likeness (QED) is 0.803. The van der Waals surface area contributed by atoms with Crippen molar-refractivity contribution >= 4 is 28.2 Å². The number of rotatable bonds is 4. The number of hydrogen-bond donors (Lipinski definition) is 1. The highest BCUT2D eigenvalue weighted by Gasteiger charge is 2.16. The minimum absolute atomic E-state index is 0.259. The molecule has 0 aliphatic carbocycles. The van der Waals surface area contributed by atoms with Crippen LogP contribution >= 0.6 is 0 Å². The predicted octanol–water partition coefficient (Wildman–Crippen LogP) is 3.34. The number of benzene rings is 2. The predicted molar refractivity (Wildman–Crippen MR) is 92.9 cm³/mol. The first-order chi connectivity index (χ1) is 11.2. The minimum atomic E-state index is -0.259. The highest BCUT2D eigenvalue weighted by Crippen LogP contribution is 2.25. The van der Waals surface area contributed by atoms with Gasteiger partial charge in [0.25, 0.3) is 5.91 Å². The van der Waals surface area contributed by atoms with Gasteiger partial charge in [-0.25, -0.2) is 0 Å². The van der Waals surface area contributed by atoms with E-state index in [0.29, 0.717) is 5.69 Å². The summed E-state index contributed by atoms with van der Waals surface area (Å²) in [7, 11) is 1.96. The second-order valence-electron chi connectivity index (χ2n) is 5.25. The molecule has 5 nitrogen and oxygen atoms in total. The smallest absolute Gasteiger partial charge is 0.276 e. The largest absolute Gasteiger partial charge is 0.358 e. The lowest BCUT2D eigenvalue weighted by molar-refractivity contribution is 0.102. The van der Waals surface area contributed by atoms with Crippen molar-refractivity contribution in [2.45, 2.75) is 6.92 Å². The Labute approximate surface area is 135 Å². The fraction of sp³-hybridized carbons (Fsp3) is 0.167. The topological polar surface area (TPSA) is 58.1 Å². The van der Waals surface area contributed by atoms with E-state index < -0.39 is 0 Å². The van der Waals surface area contributed by atoms with Crippen molar-refractivity contribution in [3.63, 3.8) is 0 Å². The van der Waals surface area contributed by atoms with Gasteiger partial charge in [0.1, 0.15) is 0 Å². The van der Waals surface area contributed by atoms with Crippen molar-refractivity contribution < 1.29 is 4.79 Å². The van der Waals surface area contributed by atoms with Crippen LogP contribution in [-0.2, 0) is 0 Å². The van der Waals surface area contributed by atoms with Crippen molar-refractivity contribution in [2.75, 3.05) is 23.8 Å². The highest BCUT2D eigenvalue weighted by atomic mass is 16.1. The number of carbonyl (C=O) groups is 1. The fourth-order valence-corrected chi connectivity index (χ4v) is 2.40. The maximum atomic E-state index is 12.6. The van der Waals surface area contributed by atoms with Gasteiger partial charge in [0.05, 0.1) is 0 Å². The molecule has 1 amide bonds. The number of anilines is 2. The molecule has 0 saturated heterocycles. The summed E-state index contributed by atoms with van der Waals surface area (Å²) in [6.45, 7) is 2.86. The third kappa shape index (κ3) is 2.99. The zero-order valence-electron chi connectivity index (χ0n) is 13.2. The van der Waals surface area contributed by atoms with Crippen LogP contribution in [-0.4, -0.2) is 29.7 Å². The molecule has 2 aromatic carbocycles. The Bertz CT molecular complexity index is 833. The van der Waals surface area contributed by atoms with Crippen molar-refractivity contribution in [1.29, 1.82) is 0 Å². The number of aromatic nitrogens is 2. The summed E-state index contributed by atoms with van der Waals surface area (Å²) < 4.78 is 0. The standard InChI is InChI=1S/C18H18N4O/c1-3-22(2)17-15-12-8-7-11-14(15)16(20-21-17)18(23)19-13-9-5-4-6-10-13/h4-12H,3H2,1-2H3,(H,19,23). The summed E-state index contributed by atoms with van der Waals surface area (Å²) in [4.78, 5) is 14.6.